The number of hydrogen-bond acceptors (Lipinski definition) is 2. The summed E-state index contributed by atoms with van der Waals surface area (Å²) in [6, 6.07) is 0. The molecule has 0 heterocycles. The largest absolute Gasteiger partial charge is 0.359 e. The van der Waals surface area contributed by atoms with Crippen molar-refractivity contribution < 1.29 is 4.79 Å². The number of carbonyl (C=O) groups excluding carboxylic acids is 1. The SMILES string of the molecule is CNC(=O)C(C)(C)CNCC1CC=CCC1. The summed E-state index contributed by atoms with van der Waals surface area (Å²) in [5, 5.41) is 6.12. The van der Waals surface area contributed by atoms with Gasteiger partial charge in [0, 0.05) is 13.6 Å². The molecule has 0 aliphatic heterocycles. The standard InChI is InChI=1S/C13H24N2O/c1-13(2,12(16)14-3)10-15-9-11-7-5-4-6-8-11/h4-5,11,15H,6-10H2,1-3H3,(H,14,16). The van der Waals surface area contributed by atoms with E-state index in [-0.39, 0.29) is 11.3 Å². The molecule has 3 heteroatoms. The lowest BCUT2D eigenvalue weighted by Crippen LogP contribution is -2.43. The molecule has 1 amide bonds. The third kappa shape index (κ3) is 3.97. The lowest BCUT2D eigenvalue weighted by atomic mass is 9.91. The maximum atomic E-state index is 11.6. The highest BCUT2D eigenvalue weighted by molar-refractivity contribution is 5.81. The Morgan fingerprint density at radius 2 is 2.19 bits per heavy atom. The predicted octanol–water partition coefficient (Wildman–Crippen LogP) is 1.70. The van der Waals surface area contributed by atoms with E-state index >= 15 is 0 Å². The van der Waals surface area contributed by atoms with Crippen molar-refractivity contribution in [1.29, 1.82) is 0 Å². The average molecular weight is 224 g/mol. The second kappa shape index (κ2) is 6.04. The van der Waals surface area contributed by atoms with Crippen molar-refractivity contribution >= 4 is 5.91 Å². The highest BCUT2D eigenvalue weighted by Gasteiger charge is 2.26. The van der Waals surface area contributed by atoms with E-state index in [1.54, 1.807) is 7.05 Å². The Kier molecular flexibility index (Phi) is 5.00. The van der Waals surface area contributed by atoms with Gasteiger partial charge < -0.3 is 10.6 Å². The normalized spacial score (nSPS) is 20.8. The van der Waals surface area contributed by atoms with Crippen LogP contribution in [0, 0.1) is 11.3 Å². The van der Waals surface area contributed by atoms with Crippen molar-refractivity contribution in [1.82, 2.24) is 10.6 Å². The third-order valence-electron chi connectivity index (χ3n) is 3.22. The number of carbonyl (C=O) groups is 1. The van der Waals surface area contributed by atoms with E-state index < -0.39 is 0 Å². The zero-order valence-electron chi connectivity index (χ0n) is 10.7. The summed E-state index contributed by atoms with van der Waals surface area (Å²) >= 11 is 0. The second-order valence-corrected chi connectivity index (χ2v) is 5.24. The molecule has 1 aliphatic carbocycles. The summed E-state index contributed by atoms with van der Waals surface area (Å²) in [4.78, 5) is 11.6. The molecule has 0 radical (unpaired) electrons. The molecule has 0 saturated carbocycles. The van der Waals surface area contributed by atoms with Gasteiger partial charge in [-0.05, 0) is 45.6 Å². The molecule has 0 saturated heterocycles. The second-order valence-electron chi connectivity index (χ2n) is 5.24. The first kappa shape index (κ1) is 13.2. The molecule has 0 spiro atoms. The van der Waals surface area contributed by atoms with Crippen LogP contribution < -0.4 is 10.6 Å². The van der Waals surface area contributed by atoms with Gasteiger partial charge >= 0.3 is 0 Å². The van der Waals surface area contributed by atoms with Crippen molar-refractivity contribution in [2.45, 2.75) is 33.1 Å². The first-order valence-electron chi connectivity index (χ1n) is 6.14. The third-order valence-corrected chi connectivity index (χ3v) is 3.22. The van der Waals surface area contributed by atoms with Crippen molar-refractivity contribution in [2.75, 3.05) is 20.1 Å². The Morgan fingerprint density at radius 3 is 2.75 bits per heavy atom. The van der Waals surface area contributed by atoms with Crippen LogP contribution in [0.2, 0.25) is 0 Å². The molecule has 0 fully saturated rings. The van der Waals surface area contributed by atoms with E-state index in [0.717, 1.165) is 19.0 Å². The van der Waals surface area contributed by atoms with Gasteiger partial charge in [0.05, 0.1) is 5.41 Å². The van der Waals surface area contributed by atoms with Gasteiger partial charge in [0.25, 0.3) is 0 Å². The van der Waals surface area contributed by atoms with Crippen LogP contribution >= 0.6 is 0 Å². The smallest absolute Gasteiger partial charge is 0.226 e. The van der Waals surface area contributed by atoms with Crippen LogP contribution in [0.15, 0.2) is 12.2 Å². The number of allylic oxidation sites excluding steroid dienone is 2. The Labute approximate surface area is 98.7 Å². The minimum Gasteiger partial charge on any atom is -0.359 e. The summed E-state index contributed by atoms with van der Waals surface area (Å²) < 4.78 is 0. The molecule has 1 unspecified atom stereocenters. The van der Waals surface area contributed by atoms with Crippen LogP contribution in [-0.2, 0) is 4.79 Å². The monoisotopic (exact) mass is 224 g/mol. The fraction of sp³-hybridized carbons (Fsp3) is 0.769. The molecule has 0 aromatic heterocycles. The molecular formula is C13H24N2O. The number of rotatable bonds is 5. The molecule has 92 valence electrons. The van der Waals surface area contributed by atoms with Gasteiger partial charge in [-0.2, -0.15) is 0 Å². The molecule has 16 heavy (non-hydrogen) atoms. The van der Waals surface area contributed by atoms with Crippen molar-refractivity contribution in [3.63, 3.8) is 0 Å². The highest BCUT2D eigenvalue weighted by Crippen LogP contribution is 2.18. The van der Waals surface area contributed by atoms with Crippen LogP contribution in [0.4, 0.5) is 0 Å². The zero-order valence-corrected chi connectivity index (χ0v) is 10.7. The first-order chi connectivity index (χ1) is 7.56. The average Bonchev–Trinajstić information content (AvgIpc) is 2.29. The molecule has 1 atom stereocenters. The van der Waals surface area contributed by atoms with Crippen LogP contribution in [0.1, 0.15) is 33.1 Å². The van der Waals surface area contributed by atoms with Crippen LogP contribution in [0.25, 0.3) is 0 Å². The van der Waals surface area contributed by atoms with Crippen molar-refractivity contribution in [3.05, 3.63) is 12.2 Å². The summed E-state index contributed by atoms with van der Waals surface area (Å²) in [5.74, 6) is 0.842. The van der Waals surface area contributed by atoms with E-state index in [1.807, 2.05) is 13.8 Å². The molecular weight excluding hydrogens is 200 g/mol. The summed E-state index contributed by atoms with van der Waals surface area (Å²) in [7, 11) is 1.69. The molecule has 0 aromatic rings. The van der Waals surface area contributed by atoms with Gasteiger partial charge in [0.15, 0.2) is 0 Å². The highest BCUT2D eigenvalue weighted by atomic mass is 16.2. The van der Waals surface area contributed by atoms with E-state index in [0.29, 0.717) is 0 Å². The quantitative estimate of drug-likeness (QED) is 0.698. The summed E-state index contributed by atoms with van der Waals surface area (Å²) in [6.45, 7) is 5.71. The topological polar surface area (TPSA) is 41.1 Å². The Bertz CT molecular complexity index is 259. The van der Waals surface area contributed by atoms with Gasteiger partial charge in [0.2, 0.25) is 5.91 Å². The van der Waals surface area contributed by atoms with Gasteiger partial charge in [-0.15, -0.1) is 0 Å². The van der Waals surface area contributed by atoms with Crippen LogP contribution in [0.5, 0.6) is 0 Å². The van der Waals surface area contributed by atoms with E-state index in [4.69, 9.17) is 0 Å². The predicted molar refractivity (Wildman–Crippen MR) is 67.2 cm³/mol. The van der Waals surface area contributed by atoms with Crippen molar-refractivity contribution in [2.24, 2.45) is 11.3 Å². The summed E-state index contributed by atoms with van der Waals surface area (Å²) in [5.41, 5.74) is -0.320. The fourth-order valence-electron chi connectivity index (χ4n) is 2.05. The fourth-order valence-corrected chi connectivity index (χ4v) is 2.05. The van der Waals surface area contributed by atoms with Gasteiger partial charge in [0.1, 0.15) is 0 Å². The lowest BCUT2D eigenvalue weighted by Gasteiger charge is -2.25. The minimum atomic E-state index is -0.320. The Morgan fingerprint density at radius 1 is 1.44 bits per heavy atom. The van der Waals surface area contributed by atoms with Gasteiger partial charge in [-0.1, -0.05) is 12.2 Å². The van der Waals surface area contributed by atoms with Crippen LogP contribution in [-0.4, -0.2) is 26.0 Å². The van der Waals surface area contributed by atoms with Gasteiger partial charge in [-0.25, -0.2) is 0 Å². The Balaban J connectivity index is 2.23. The van der Waals surface area contributed by atoms with Crippen LogP contribution in [0.3, 0.4) is 0 Å². The summed E-state index contributed by atoms with van der Waals surface area (Å²) in [6.07, 6.45) is 8.16. The zero-order chi connectivity index (χ0) is 12.0. The maximum absolute atomic E-state index is 11.6. The first-order valence-corrected chi connectivity index (χ1v) is 6.14. The number of amides is 1. The van der Waals surface area contributed by atoms with E-state index in [9.17, 15) is 4.79 Å². The number of nitrogens with one attached hydrogen (secondary N) is 2. The molecule has 1 aliphatic rings. The molecule has 1 rings (SSSR count). The lowest BCUT2D eigenvalue weighted by molar-refractivity contribution is -0.128. The molecule has 0 aromatic carbocycles. The van der Waals surface area contributed by atoms with Gasteiger partial charge in [-0.3, -0.25) is 4.79 Å². The number of hydrogen-bond donors (Lipinski definition) is 2. The van der Waals surface area contributed by atoms with Crippen molar-refractivity contribution in [3.8, 4) is 0 Å². The molecule has 0 bridgehead atoms. The molecule has 3 nitrogen and oxygen atoms in total. The minimum absolute atomic E-state index is 0.100. The van der Waals surface area contributed by atoms with E-state index in [2.05, 4.69) is 22.8 Å². The maximum Gasteiger partial charge on any atom is 0.226 e. The Hall–Kier alpha value is -0.830. The molecule has 2 N–H and O–H groups in total. The van der Waals surface area contributed by atoms with E-state index in [1.165, 1.54) is 19.3 Å².